The van der Waals surface area contributed by atoms with Crippen molar-refractivity contribution in [2.45, 2.75) is 65.5 Å². The van der Waals surface area contributed by atoms with Gasteiger partial charge in [-0.1, -0.05) is 32.8 Å². The summed E-state index contributed by atoms with van der Waals surface area (Å²) in [7, 11) is 2.13. The highest BCUT2D eigenvalue weighted by atomic mass is 19.4. The van der Waals surface area contributed by atoms with E-state index in [1.807, 2.05) is 13.0 Å². The lowest BCUT2D eigenvalue weighted by Gasteiger charge is -2.51. The summed E-state index contributed by atoms with van der Waals surface area (Å²) in [6, 6.07) is 6.21. The van der Waals surface area contributed by atoms with Crippen LogP contribution in [0.3, 0.4) is 0 Å². The number of amides is 1. The van der Waals surface area contributed by atoms with Gasteiger partial charge in [-0.25, -0.2) is 4.99 Å². The van der Waals surface area contributed by atoms with Crippen molar-refractivity contribution in [1.82, 2.24) is 15.1 Å². The summed E-state index contributed by atoms with van der Waals surface area (Å²) in [6.07, 6.45) is 2.52. The summed E-state index contributed by atoms with van der Waals surface area (Å²) < 4.78 is 43.3. The lowest BCUT2D eigenvalue weighted by atomic mass is 9.74. The fourth-order valence-electron chi connectivity index (χ4n) is 5.87. The highest BCUT2D eigenvalue weighted by molar-refractivity contribution is 5.95. The molecule has 0 bridgehead atoms. The quantitative estimate of drug-likeness (QED) is 0.242. The number of alkyl halides is 3. The summed E-state index contributed by atoms with van der Waals surface area (Å²) in [5, 5.41) is 6.17. The van der Waals surface area contributed by atoms with Gasteiger partial charge < -0.3 is 25.3 Å². The monoisotopic (exact) mass is 574 g/mol. The van der Waals surface area contributed by atoms with Crippen molar-refractivity contribution in [3.8, 4) is 0 Å². The van der Waals surface area contributed by atoms with E-state index in [9.17, 15) is 18.0 Å². The molecule has 0 radical (unpaired) electrons. The number of anilines is 2. The van der Waals surface area contributed by atoms with Crippen LogP contribution in [0.1, 0.15) is 58.4 Å². The molecule has 1 spiro atoms. The molecule has 10 heteroatoms. The number of allylic oxidation sites excluding steroid dienone is 2. The molecule has 41 heavy (non-hydrogen) atoms. The number of nitrogens with one attached hydrogen (secondary N) is 2. The molecule has 2 N–H and O–H groups in total. The van der Waals surface area contributed by atoms with Crippen LogP contribution in [0.5, 0.6) is 0 Å². The van der Waals surface area contributed by atoms with Crippen LogP contribution >= 0.6 is 0 Å². The van der Waals surface area contributed by atoms with Crippen molar-refractivity contribution < 1.29 is 18.0 Å². The minimum absolute atomic E-state index is 0.0398. The van der Waals surface area contributed by atoms with Gasteiger partial charge in [-0.05, 0) is 63.4 Å². The van der Waals surface area contributed by atoms with E-state index in [2.05, 4.69) is 51.5 Å². The number of hydrogen-bond acceptors (Lipinski definition) is 5. The number of hydrogen-bond donors (Lipinski definition) is 2. The largest absolute Gasteiger partial charge is 0.419 e. The van der Waals surface area contributed by atoms with Gasteiger partial charge in [-0.3, -0.25) is 4.79 Å². The molecule has 0 aromatic heterocycles. The second-order valence-electron chi connectivity index (χ2n) is 11.6. The fourth-order valence-corrected chi connectivity index (χ4v) is 5.87. The molecule has 226 valence electrons. The number of likely N-dealkylation sites (tertiary alicyclic amines) is 1. The average molecular weight is 575 g/mol. The first-order valence-corrected chi connectivity index (χ1v) is 15.0. The lowest BCUT2D eigenvalue weighted by Crippen LogP contribution is -2.62. The van der Waals surface area contributed by atoms with Crippen molar-refractivity contribution in [2.75, 3.05) is 63.1 Å². The Morgan fingerprint density at radius 2 is 1.88 bits per heavy atom. The van der Waals surface area contributed by atoms with Crippen LogP contribution in [0.15, 0.2) is 46.7 Å². The Morgan fingerprint density at radius 1 is 1.15 bits per heavy atom. The molecule has 1 amide bonds. The molecule has 3 heterocycles. The summed E-state index contributed by atoms with van der Waals surface area (Å²) in [5.74, 6) is 0.342. The first-order valence-electron chi connectivity index (χ1n) is 15.0. The van der Waals surface area contributed by atoms with Gasteiger partial charge in [0.05, 0.1) is 11.0 Å². The number of unbranched alkanes of at least 4 members (excludes halogenated alkanes) is 1. The number of halogens is 3. The number of likely N-dealkylation sites (N-methyl/N-ethyl adjacent to an activating group) is 1. The summed E-state index contributed by atoms with van der Waals surface area (Å²) in [5.41, 5.74) is 1.83. The summed E-state index contributed by atoms with van der Waals surface area (Å²) >= 11 is 0. The van der Waals surface area contributed by atoms with Gasteiger partial charge in [0.2, 0.25) is 5.91 Å². The first kappa shape index (κ1) is 30.9. The molecular weight excluding hydrogens is 529 g/mol. The SMILES string of the molecule is CCC/C=C(/C(=C\N=C(C)Nc1ccc(N2CCN(C)CC2)cc1CC)C(F)(F)F)N1CC2(CCCCNC2=O)C1. The highest BCUT2D eigenvalue weighted by Crippen LogP contribution is 2.43. The average Bonchev–Trinajstić information content (AvgIpc) is 3.11. The van der Waals surface area contributed by atoms with Gasteiger partial charge in [-0.2, -0.15) is 13.2 Å². The third-order valence-corrected chi connectivity index (χ3v) is 8.43. The molecule has 3 fully saturated rings. The predicted octanol–water partition coefficient (Wildman–Crippen LogP) is 5.56. The third-order valence-electron chi connectivity index (χ3n) is 8.43. The Bertz CT molecular complexity index is 1160. The molecule has 0 unspecified atom stereocenters. The zero-order chi connectivity index (χ0) is 29.6. The van der Waals surface area contributed by atoms with Crippen LogP contribution in [0.4, 0.5) is 24.5 Å². The van der Waals surface area contributed by atoms with Crippen LogP contribution in [0.25, 0.3) is 0 Å². The van der Waals surface area contributed by atoms with Crippen molar-refractivity contribution in [3.05, 3.63) is 47.3 Å². The minimum atomic E-state index is -4.59. The van der Waals surface area contributed by atoms with Crippen LogP contribution < -0.4 is 15.5 Å². The third kappa shape index (κ3) is 7.45. The summed E-state index contributed by atoms with van der Waals surface area (Å²) in [6.45, 7) is 10.9. The second-order valence-corrected chi connectivity index (χ2v) is 11.6. The fraction of sp³-hybridized carbons (Fsp3) is 0.613. The molecule has 4 rings (SSSR count). The Balaban J connectivity index is 1.53. The molecule has 0 atom stereocenters. The molecule has 3 aliphatic heterocycles. The number of carbonyl (C=O) groups excluding carboxylic acids is 1. The molecule has 3 aliphatic rings. The van der Waals surface area contributed by atoms with E-state index in [4.69, 9.17) is 0 Å². The van der Waals surface area contributed by atoms with Gasteiger partial charge in [0, 0.05) is 69.1 Å². The molecule has 3 saturated heterocycles. The normalized spacial score (nSPS) is 21.0. The van der Waals surface area contributed by atoms with Gasteiger partial charge in [0.15, 0.2) is 0 Å². The molecule has 0 saturated carbocycles. The number of carbonyl (C=O) groups is 1. The maximum Gasteiger partial charge on any atom is 0.419 e. The highest BCUT2D eigenvalue weighted by Gasteiger charge is 2.52. The van der Waals surface area contributed by atoms with E-state index < -0.39 is 17.2 Å². The summed E-state index contributed by atoms with van der Waals surface area (Å²) in [4.78, 5) is 23.3. The van der Waals surface area contributed by atoms with E-state index >= 15 is 0 Å². The van der Waals surface area contributed by atoms with Gasteiger partial charge in [-0.15, -0.1) is 0 Å². The Labute approximate surface area is 242 Å². The molecule has 1 aromatic carbocycles. The maximum absolute atomic E-state index is 14.4. The van der Waals surface area contributed by atoms with Crippen LogP contribution in [-0.4, -0.2) is 80.6 Å². The van der Waals surface area contributed by atoms with Crippen molar-refractivity contribution in [3.63, 3.8) is 0 Å². The number of aryl methyl sites for hydroxylation is 1. The van der Waals surface area contributed by atoms with Crippen LogP contribution in [-0.2, 0) is 11.2 Å². The van der Waals surface area contributed by atoms with E-state index in [-0.39, 0.29) is 11.6 Å². The van der Waals surface area contributed by atoms with Crippen LogP contribution in [0, 0.1) is 5.41 Å². The smallest absolute Gasteiger partial charge is 0.369 e. The van der Waals surface area contributed by atoms with Crippen molar-refractivity contribution in [2.24, 2.45) is 10.4 Å². The molecule has 7 nitrogen and oxygen atoms in total. The lowest BCUT2D eigenvalue weighted by molar-refractivity contribution is -0.140. The number of amidine groups is 1. The number of rotatable bonds is 8. The van der Waals surface area contributed by atoms with E-state index in [1.54, 1.807) is 17.9 Å². The van der Waals surface area contributed by atoms with Crippen molar-refractivity contribution >= 4 is 23.1 Å². The Kier molecular flexibility index (Phi) is 10.0. The van der Waals surface area contributed by atoms with Crippen molar-refractivity contribution in [1.29, 1.82) is 0 Å². The number of benzene rings is 1. The molecule has 0 aliphatic carbocycles. The van der Waals surface area contributed by atoms with Gasteiger partial charge in [0.25, 0.3) is 0 Å². The van der Waals surface area contributed by atoms with Gasteiger partial charge >= 0.3 is 6.18 Å². The second kappa shape index (κ2) is 13.3. The standard InChI is InChI=1S/C31H45F3N6O/c1-5-7-10-28(40-21-30(22-40)13-8-9-14-35-29(30)41)26(31(32,33)34)20-36-23(3)37-27-12-11-25(19-24(27)6-2)39-17-15-38(4)16-18-39/h10-12,19-20H,5-9,13-18,21-22H2,1-4H3,(H,35,41)(H,36,37)/b26-20+,28-10-. The number of piperazine rings is 1. The van der Waals surface area contributed by atoms with Crippen LogP contribution in [0.2, 0.25) is 0 Å². The Hall–Kier alpha value is -3.01. The van der Waals surface area contributed by atoms with Gasteiger partial charge in [0.1, 0.15) is 5.84 Å². The number of nitrogens with zero attached hydrogens (tertiary/aromatic N) is 4. The number of aliphatic imine (C=N–C) groups is 1. The molecule has 1 aromatic rings. The predicted molar refractivity (Wildman–Crippen MR) is 160 cm³/mol. The topological polar surface area (TPSA) is 63.2 Å². The maximum atomic E-state index is 14.4. The first-order chi connectivity index (χ1) is 19.6. The van der Waals surface area contributed by atoms with E-state index in [1.165, 1.54) is 0 Å². The zero-order valence-corrected chi connectivity index (χ0v) is 24.9. The zero-order valence-electron chi connectivity index (χ0n) is 24.9. The minimum Gasteiger partial charge on any atom is -0.369 e. The molecular formula is C31H45F3N6O. The van der Waals surface area contributed by atoms with E-state index in [0.29, 0.717) is 38.3 Å². The van der Waals surface area contributed by atoms with E-state index in [0.717, 1.165) is 75.0 Å². The Morgan fingerprint density at radius 3 is 2.54 bits per heavy atom.